The summed E-state index contributed by atoms with van der Waals surface area (Å²) in [7, 11) is 1.83. The number of rotatable bonds is 5. The molecule has 2 bridgehead atoms. The average Bonchev–Trinajstić information content (AvgIpc) is 3.62. The molecule has 2 heterocycles. The van der Waals surface area contributed by atoms with Gasteiger partial charge in [-0.2, -0.15) is 0 Å². The number of piperidine rings is 1. The van der Waals surface area contributed by atoms with E-state index in [0.717, 1.165) is 43.2 Å². The van der Waals surface area contributed by atoms with Crippen LogP contribution in [-0.2, 0) is 23.2 Å². The fourth-order valence-corrected chi connectivity index (χ4v) is 7.78. The number of benzene rings is 2. The Morgan fingerprint density at radius 3 is 2.77 bits per heavy atom. The van der Waals surface area contributed by atoms with Crippen LogP contribution in [0.25, 0.3) is 0 Å². The van der Waals surface area contributed by atoms with Crippen molar-refractivity contribution in [2.24, 2.45) is 5.92 Å². The summed E-state index contributed by atoms with van der Waals surface area (Å²) in [5.41, 5.74) is 2.19. The van der Waals surface area contributed by atoms with Gasteiger partial charge < -0.3 is 19.5 Å². The van der Waals surface area contributed by atoms with E-state index in [4.69, 9.17) is 9.47 Å². The van der Waals surface area contributed by atoms with Gasteiger partial charge in [0, 0.05) is 25.2 Å². The topological polar surface area (TPSA) is 62.2 Å². The van der Waals surface area contributed by atoms with Gasteiger partial charge in [0.15, 0.2) is 0 Å². The van der Waals surface area contributed by atoms with E-state index in [1.807, 2.05) is 43.4 Å². The Kier molecular flexibility index (Phi) is 4.78. The largest absolute Gasteiger partial charge is 0.487 e. The molecule has 6 heteroatoms. The molecule has 0 radical (unpaired) electrons. The zero-order valence-corrected chi connectivity index (χ0v) is 20.4. The highest BCUT2D eigenvalue weighted by atomic mass is 16.6. The highest BCUT2D eigenvalue weighted by molar-refractivity contribution is 5.68. The highest BCUT2D eigenvalue weighted by Gasteiger charge is 2.73. The maximum Gasteiger partial charge on any atom is 0.410 e. The van der Waals surface area contributed by atoms with E-state index in [-0.39, 0.29) is 30.9 Å². The molecule has 2 aromatic rings. The summed E-state index contributed by atoms with van der Waals surface area (Å²) in [6, 6.07) is 16.1. The average molecular weight is 475 g/mol. The lowest BCUT2D eigenvalue weighted by atomic mass is 9.48. The van der Waals surface area contributed by atoms with Crippen molar-refractivity contribution < 1.29 is 19.4 Å². The van der Waals surface area contributed by atoms with Crippen LogP contribution < -0.4 is 4.74 Å². The second kappa shape index (κ2) is 7.71. The maximum absolute atomic E-state index is 13.1. The van der Waals surface area contributed by atoms with Crippen molar-refractivity contribution in [3.8, 4) is 5.75 Å². The van der Waals surface area contributed by atoms with Crippen molar-refractivity contribution in [3.05, 3.63) is 65.2 Å². The summed E-state index contributed by atoms with van der Waals surface area (Å²) in [5, 5.41) is 12.5. The molecule has 2 saturated carbocycles. The van der Waals surface area contributed by atoms with Crippen molar-refractivity contribution in [2.45, 2.75) is 74.3 Å². The lowest BCUT2D eigenvalue weighted by molar-refractivity contribution is -0.198. The van der Waals surface area contributed by atoms with Gasteiger partial charge >= 0.3 is 6.09 Å². The van der Waals surface area contributed by atoms with Crippen LogP contribution >= 0.6 is 0 Å². The van der Waals surface area contributed by atoms with E-state index < -0.39 is 11.0 Å². The molecule has 6 nitrogen and oxygen atoms in total. The number of ether oxygens (including phenoxy) is 2. The molecular formula is C29H34N2O4. The third kappa shape index (κ3) is 3.05. The van der Waals surface area contributed by atoms with Crippen molar-refractivity contribution >= 4 is 6.09 Å². The monoisotopic (exact) mass is 474 g/mol. The van der Waals surface area contributed by atoms with Crippen LogP contribution in [0.1, 0.15) is 48.8 Å². The number of likely N-dealkylation sites (N-methyl/N-ethyl adjacent to an activating group) is 1. The van der Waals surface area contributed by atoms with Gasteiger partial charge in [0.1, 0.15) is 18.5 Å². The predicted molar refractivity (Wildman–Crippen MR) is 131 cm³/mol. The van der Waals surface area contributed by atoms with Crippen LogP contribution in [0, 0.1) is 5.92 Å². The van der Waals surface area contributed by atoms with Gasteiger partial charge in [-0.25, -0.2) is 4.79 Å². The molecule has 3 fully saturated rings. The molecule has 1 amide bonds. The van der Waals surface area contributed by atoms with Gasteiger partial charge in [0.25, 0.3) is 0 Å². The molecule has 0 aromatic heterocycles. The maximum atomic E-state index is 13.1. The van der Waals surface area contributed by atoms with Gasteiger partial charge in [-0.3, -0.25) is 4.90 Å². The standard InChI is InChI=1S/C29H34N2O4/c1-30(27(32)34-18-20-6-3-2-4-7-20)22-12-13-29(33)24-16-21-8-5-9-23-25(21)28(29,26(22)35-23)14-15-31(24)17-19-10-11-19/h2-9,19,22,24,26,33H,10-18H2,1H3/t22-,24+,26-,28-,29+/m0/s1. The fourth-order valence-electron chi connectivity index (χ4n) is 7.78. The highest BCUT2D eigenvalue weighted by Crippen LogP contribution is 2.64. The summed E-state index contributed by atoms with van der Waals surface area (Å²) in [5.74, 6) is 1.69. The Labute approximate surface area is 206 Å². The lowest BCUT2D eigenvalue weighted by Gasteiger charge is -2.64. The van der Waals surface area contributed by atoms with E-state index in [1.165, 1.54) is 24.0 Å². The second-order valence-electron chi connectivity index (χ2n) is 11.4. The Morgan fingerprint density at radius 1 is 1.14 bits per heavy atom. The number of hydrogen-bond acceptors (Lipinski definition) is 5. The molecule has 1 N–H and O–H groups in total. The smallest absolute Gasteiger partial charge is 0.410 e. The van der Waals surface area contributed by atoms with Gasteiger partial charge in [-0.1, -0.05) is 42.5 Å². The molecule has 7 rings (SSSR count). The van der Waals surface area contributed by atoms with Crippen LogP contribution in [0.2, 0.25) is 0 Å². The summed E-state index contributed by atoms with van der Waals surface area (Å²) < 4.78 is 12.4. The molecule has 5 aliphatic rings. The van der Waals surface area contributed by atoms with Gasteiger partial charge in [-0.05, 0) is 68.2 Å². The van der Waals surface area contributed by atoms with Crippen LogP contribution in [-0.4, -0.2) is 64.9 Å². The summed E-state index contributed by atoms with van der Waals surface area (Å²) in [6.45, 7) is 2.32. The van der Waals surface area contributed by atoms with Gasteiger partial charge in [-0.15, -0.1) is 0 Å². The van der Waals surface area contributed by atoms with Crippen LogP contribution in [0.3, 0.4) is 0 Å². The number of likely N-dealkylation sites (tertiary alicyclic amines) is 1. The third-order valence-corrected chi connectivity index (χ3v) is 9.62. The minimum absolute atomic E-state index is 0.111. The van der Waals surface area contributed by atoms with E-state index in [0.29, 0.717) is 12.8 Å². The molecule has 2 aliphatic heterocycles. The minimum Gasteiger partial charge on any atom is -0.487 e. The summed E-state index contributed by atoms with van der Waals surface area (Å²) in [6.07, 6.45) is 5.16. The number of carbonyl (C=O) groups excluding carboxylic acids is 1. The lowest BCUT2D eigenvalue weighted by Crippen LogP contribution is -2.78. The van der Waals surface area contributed by atoms with Crippen molar-refractivity contribution in [1.29, 1.82) is 0 Å². The number of hydrogen-bond donors (Lipinski definition) is 1. The first-order chi connectivity index (χ1) is 17.0. The zero-order chi connectivity index (χ0) is 23.8. The first-order valence-corrected chi connectivity index (χ1v) is 13.2. The Bertz CT molecular complexity index is 1150. The SMILES string of the molecule is CN(C(=O)OCc1ccccc1)[C@H]1CC[C@@]2(O)[C@H]3Cc4cccc5c4[C@@]2(CCN3CC2CC2)[C@H]1O5. The number of aliphatic hydroxyl groups is 1. The molecular weight excluding hydrogens is 440 g/mol. The van der Waals surface area contributed by atoms with Crippen LogP contribution in [0.5, 0.6) is 5.75 Å². The van der Waals surface area contributed by atoms with E-state index in [2.05, 4.69) is 17.0 Å². The van der Waals surface area contributed by atoms with Crippen molar-refractivity contribution in [2.75, 3.05) is 20.1 Å². The number of nitrogens with zero attached hydrogens (tertiary/aromatic N) is 2. The molecule has 184 valence electrons. The quantitative estimate of drug-likeness (QED) is 0.713. The summed E-state index contributed by atoms with van der Waals surface area (Å²) >= 11 is 0. The Balaban J connectivity index is 1.21. The van der Waals surface area contributed by atoms with Gasteiger partial charge in [0.2, 0.25) is 0 Å². The van der Waals surface area contributed by atoms with Gasteiger partial charge in [0.05, 0.1) is 17.1 Å². The molecule has 5 atom stereocenters. The molecule has 0 unspecified atom stereocenters. The zero-order valence-electron chi connectivity index (χ0n) is 20.4. The van der Waals surface area contributed by atoms with Crippen LogP contribution in [0.4, 0.5) is 4.79 Å². The van der Waals surface area contributed by atoms with Crippen LogP contribution in [0.15, 0.2) is 48.5 Å². The first-order valence-electron chi connectivity index (χ1n) is 13.2. The number of carbonyl (C=O) groups is 1. The summed E-state index contributed by atoms with van der Waals surface area (Å²) in [4.78, 5) is 17.5. The molecule has 1 spiro atoms. The van der Waals surface area contributed by atoms with E-state index >= 15 is 0 Å². The van der Waals surface area contributed by atoms with E-state index in [1.54, 1.807) is 4.90 Å². The predicted octanol–water partition coefficient (Wildman–Crippen LogP) is 3.89. The molecule has 35 heavy (non-hydrogen) atoms. The third-order valence-electron chi connectivity index (χ3n) is 9.62. The van der Waals surface area contributed by atoms with Crippen molar-refractivity contribution in [3.63, 3.8) is 0 Å². The first kappa shape index (κ1) is 21.7. The second-order valence-corrected chi connectivity index (χ2v) is 11.4. The number of amides is 1. The Hall–Kier alpha value is -2.57. The van der Waals surface area contributed by atoms with E-state index in [9.17, 15) is 9.90 Å². The Morgan fingerprint density at radius 2 is 1.97 bits per heavy atom. The molecule has 2 aromatic carbocycles. The fraction of sp³-hybridized carbons (Fsp3) is 0.552. The van der Waals surface area contributed by atoms with Crippen molar-refractivity contribution in [1.82, 2.24) is 9.80 Å². The normalized spacial score (nSPS) is 34.6. The molecule has 3 aliphatic carbocycles. The molecule has 1 saturated heterocycles. The minimum atomic E-state index is -0.838.